The van der Waals surface area contributed by atoms with Crippen LogP contribution >= 0.6 is 0 Å². The molecule has 4 rings (SSSR count). The quantitative estimate of drug-likeness (QED) is 0.332. The zero-order chi connectivity index (χ0) is 23.4. The second-order valence-corrected chi connectivity index (χ2v) is 7.14. The number of nitro groups is 1. The summed E-state index contributed by atoms with van der Waals surface area (Å²) in [6.07, 6.45) is 0. The van der Waals surface area contributed by atoms with Crippen molar-refractivity contribution in [3.05, 3.63) is 106 Å². The van der Waals surface area contributed by atoms with Crippen LogP contribution in [0.2, 0.25) is 0 Å². The number of benzene rings is 3. The van der Waals surface area contributed by atoms with Crippen molar-refractivity contribution in [1.82, 2.24) is 15.1 Å². The van der Waals surface area contributed by atoms with E-state index in [9.17, 15) is 19.3 Å². The molecule has 0 bridgehead atoms. The van der Waals surface area contributed by atoms with E-state index in [4.69, 9.17) is 4.74 Å². The van der Waals surface area contributed by atoms with Gasteiger partial charge in [0.25, 0.3) is 11.6 Å². The largest absolute Gasteiger partial charge is 0.497 e. The lowest BCUT2D eigenvalue weighted by atomic mass is 10.1. The number of halogens is 1. The van der Waals surface area contributed by atoms with Gasteiger partial charge in [0.15, 0.2) is 0 Å². The summed E-state index contributed by atoms with van der Waals surface area (Å²) in [6.45, 7) is 0.197. The molecule has 0 saturated carbocycles. The highest BCUT2D eigenvalue weighted by Gasteiger charge is 2.18. The first-order valence-corrected chi connectivity index (χ1v) is 9.96. The molecule has 33 heavy (non-hydrogen) atoms. The van der Waals surface area contributed by atoms with Crippen LogP contribution in [0.3, 0.4) is 0 Å². The van der Waals surface area contributed by atoms with Gasteiger partial charge in [-0.2, -0.15) is 5.10 Å². The molecular formula is C24H19FN4O4. The molecule has 0 aliphatic rings. The number of nitrogens with one attached hydrogen (secondary N) is 1. The SMILES string of the molecule is COc1ccc(-c2cc(C(=O)NCc3ccc(F)cc3)n(-c3ccc([N+](=O)[O-])cc3)n2)cc1. The molecule has 0 spiro atoms. The van der Waals surface area contributed by atoms with E-state index in [2.05, 4.69) is 10.4 Å². The van der Waals surface area contributed by atoms with Crippen molar-refractivity contribution < 1.29 is 18.8 Å². The molecule has 0 fully saturated rings. The van der Waals surface area contributed by atoms with Gasteiger partial charge in [0, 0.05) is 24.2 Å². The molecule has 1 N–H and O–H groups in total. The van der Waals surface area contributed by atoms with Crippen LogP contribution in [0.4, 0.5) is 10.1 Å². The number of ether oxygens (including phenoxy) is 1. The first-order valence-electron chi connectivity index (χ1n) is 9.96. The van der Waals surface area contributed by atoms with E-state index in [0.29, 0.717) is 17.1 Å². The van der Waals surface area contributed by atoms with Crippen LogP contribution < -0.4 is 10.1 Å². The first-order chi connectivity index (χ1) is 15.9. The van der Waals surface area contributed by atoms with E-state index in [0.717, 1.165) is 11.1 Å². The molecule has 0 saturated heterocycles. The summed E-state index contributed by atoms with van der Waals surface area (Å²) in [5, 5.41) is 18.4. The Labute approximate surface area is 188 Å². The Bertz CT molecular complexity index is 1280. The minimum atomic E-state index is -0.494. The molecule has 0 unspecified atom stereocenters. The van der Waals surface area contributed by atoms with E-state index < -0.39 is 10.8 Å². The van der Waals surface area contributed by atoms with E-state index in [1.807, 2.05) is 12.1 Å². The maximum absolute atomic E-state index is 13.1. The lowest BCUT2D eigenvalue weighted by Crippen LogP contribution is -2.25. The van der Waals surface area contributed by atoms with Gasteiger partial charge in [0.1, 0.15) is 17.3 Å². The summed E-state index contributed by atoms with van der Waals surface area (Å²) in [5.41, 5.74) is 2.72. The molecule has 1 aromatic heterocycles. The highest BCUT2D eigenvalue weighted by Crippen LogP contribution is 2.25. The van der Waals surface area contributed by atoms with Crippen LogP contribution in [0.25, 0.3) is 16.9 Å². The molecule has 3 aromatic carbocycles. The van der Waals surface area contributed by atoms with Gasteiger partial charge in [-0.25, -0.2) is 9.07 Å². The van der Waals surface area contributed by atoms with E-state index in [1.165, 1.54) is 41.1 Å². The highest BCUT2D eigenvalue weighted by atomic mass is 19.1. The average Bonchev–Trinajstić information content (AvgIpc) is 3.29. The number of aromatic nitrogens is 2. The molecule has 1 amide bonds. The predicted molar refractivity (Wildman–Crippen MR) is 120 cm³/mol. The van der Waals surface area contributed by atoms with Crippen molar-refractivity contribution in [3.63, 3.8) is 0 Å². The van der Waals surface area contributed by atoms with Crippen LogP contribution in [0.1, 0.15) is 16.1 Å². The van der Waals surface area contributed by atoms with Gasteiger partial charge in [0.2, 0.25) is 0 Å². The molecule has 0 aliphatic heterocycles. The van der Waals surface area contributed by atoms with E-state index >= 15 is 0 Å². The zero-order valence-electron chi connectivity index (χ0n) is 17.6. The van der Waals surface area contributed by atoms with Gasteiger partial charge < -0.3 is 10.1 Å². The molecule has 4 aromatic rings. The second-order valence-electron chi connectivity index (χ2n) is 7.14. The Morgan fingerprint density at radius 1 is 1.06 bits per heavy atom. The fraction of sp³-hybridized carbons (Fsp3) is 0.0833. The van der Waals surface area contributed by atoms with Crippen LogP contribution in [0.5, 0.6) is 5.75 Å². The third kappa shape index (κ3) is 4.87. The van der Waals surface area contributed by atoms with Crippen LogP contribution in [0, 0.1) is 15.9 Å². The van der Waals surface area contributed by atoms with Gasteiger partial charge in [-0.1, -0.05) is 12.1 Å². The van der Waals surface area contributed by atoms with Crippen molar-refractivity contribution in [2.24, 2.45) is 0 Å². The Morgan fingerprint density at radius 3 is 2.33 bits per heavy atom. The number of carbonyl (C=O) groups is 1. The molecule has 1 heterocycles. The number of carbonyl (C=O) groups excluding carboxylic acids is 1. The fourth-order valence-corrected chi connectivity index (χ4v) is 3.23. The molecule has 0 aliphatic carbocycles. The van der Waals surface area contributed by atoms with Crippen molar-refractivity contribution in [1.29, 1.82) is 0 Å². The molecule has 166 valence electrons. The topological polar surface area (TPSA) is 99.3 Å². The van der Waals surface area contributed by atoms with Crippen LogP contribution in [0.15, 0.2) is 78.9 Å². The molecule has 8 nitrogen and oxygen atoms in total. The smallest absolute Gasteiger partial charge is 0.270 e. The number of amides is 1. The number of methoxy groups -OCH3 is 1. The third-order valence-electron chi connectivity index (χ3n) is 5.00. The summed E-state index contributed by atoms with van der Waals surface area (Å²) in [7, 11) is 1.57. The number of non-ortho nitro benzene ring substituents is 1. The van der Waals surface area contributed by atoms with Crippen LogP contribution in [-0.2, 0) is 6.54 Å². The van der Waals surface area contributed by atoms with Gasteiger partial charge in [-0.3, -0.25) is 14.9 Å². The summed E-state index contributed by atoms with van der Waals surface area (Å²) >= 11 is 0. The Morgan fingerprint density at radius 2 is 1.73 bits per heavy atom. The monoisotopic (exact) mass is 446 g/mol. The van der Waals surface area contributed by atoms with Gasteiger partial charge in [0.05, 0.1) is 23.4 Å². The van der Waals surface area contributed by atoms with Crippen molar-refractivity contribution in [3.8, 4) is 22.7 Å². The van der Waals surface area contributed by atoms with Crippen molar-refractivity contribution in [2.75, 3.05) is 7.11 Å². The Hall–Kier alpha value is -4.53. The number of hydrogen-bond donors (Lipinski definition) is 1. The number of rotatable bonds is 7. The van der Waals surface area contributed by atoms with Crippen LogP contribution in [-0.4, -0.2) is 27.7 Å². The fourth-order valence-electron chi connectivity index (χ4n) is 3.23. The third-order valence-corrected chi connectivity index (χ3v) is 5.00. The average molecular weight is 446 g/mol. The molecule has 0 radical (unpaired) electrons. The van der Waals surface area contributed by atoms with E-state index in [1.54, 1.807) is 37.4 Å². The molecule has 9 heteroatoms. The normalized spacial score (nSPS) is 10.6. The summed E-state index contributed by atoms with van der Waals surface area (Å²) < 4.78 is 19.8. The van der Waals surface area contributed by atoms with Gasteiger partial charge >= 0.3 is 0 Å². The van der Waals surface area contributed by atoms with Crippen molar-refractivity contribution >= 4 is 11.6 Å². The van der Waals surface area contributed by atoms with Gasteiger partial charge in [-0.15, -0.1) is 0 Å². The first kappa shape index (κ1) is 21.7. The molecule has 0 atom stereocenters. The lowest BCUT2D eigenvalue weighted by Gasteiger charge is -2.08. The predicted octanol–water partition coefficient (Wildman–Crippen LogP) is 4.53. The van der Waals surface area contributed by atoms with Gasteiger partial charge in [-0.05, 0) is 60.2 Å². The summed E-state index contributed by atoms with van der Waals surface area (Å²) in [4.78, 5) is 23.5. The summed E-state index contributed by atoms with van der Waals surface area (Å²) in [5.74, 6) is -0.0683. The Balaban J connectivity index is 1.67. The highest BCUT2D eigenvalue weighted by molar-refractivity contribution is 5.94. The minimum Gasteiger partial charge on any atom is -0.497 e. The van der Waals surface area contributed by atoms with E-state index in [-0.39, 0.29) is 23.7 Å². The molecular weight excluding hydrogens is 427 g/mol. The second kappa shape index (κ2) is 9.31. The minimum absolute atomic E-state index is 0.0661. The number of nitrogens with zero attached hydrogens (tertiary/aromatic N) is 3. The maximum Gasteiger partial charge on any atom is 0.270 e. The lowest BCUT2D eigenvalue weighted by molar-refractivity contribution is -0.384. The summed E-state index contributed by atoms with van der Waals surface area (Å²) in [6, 6.07) is 20.4. The zero-order valence-corrected chi connectivity index (χ0v) is 17.6. The Kier molecular flexibility index (Phi) is 6.12. The maximum atomic E-state index is 13.1. The standard InChI is InChI=1S/C24H19FN4O4/c1-33-21-12-4-17(5-13-21)22-14-23(24(30)26-15-16-2-6-18(25)7-3-16)28(27-22)19-8-10-20(11-9-19)29(31)32/h2-14H,15H2,1H3,(H,26,30). The number of nitro benzene ring substituents is 1. The number of hydrogen-bond acceptors (Lipinski definition) is 5. The van der Waals surface area contributed by atoms with Crippen molar-refractivity contribution in [2.45, 2.75) is 6.54 Å².